The van der Waals surface area contributed by atoms with E-state index in [1.54, 1.807) is 29.0 Å². The lowest BCUT2D eigenvalue weighted by molar-refractivity contribution is 0.452. The molecule has 760 valence electrons. The first kappa shape index (κ1) is 124. The van der Waals surface area contributed by atoms with Crippen LogP contribution in [0.4, 0.5) is 0 Å². The first-order valence-electron chi connectivity index (χ1n) is 61.9. The van der Waals surface area contributed by atoms with Crippen LogP contribution in [0.5, 0.6) is 0 Å². The zero-order valence-corrected chi connectivity index (χ0v) is 92.8. The van der Waals surface area contributed by atoms with E-state index in [1.807, 2.05) is 16.5 Å². The third kappa shape index (κ3) is 77.0. The van der Waals surface area contributed by atoms with Crippen molar-refractivity contribution in [3.8, 4) is 0 Å². The third-order valence-corrected chi connectivity index (χ3v) is 38.5. The topological polar surface area (TPSA) is 0 Å². The number of unbranched alkanes of at least 4 members (excludes halogenated alkanes) is 100. The van der Waals surface area contributed by atoms with E-state index >= 15 is 0 Å². The fourth-order valence-corrected chi connectivity index (χ4v) is 29.3. The second-order valence-electron chi connectivity index (χ2n) is 44.5. The van der Waals surface area contributed by atoms with Crippen molar-refractivity contribution in [2.45, 2.75) is 747 Å². The van der Waals surface area contributed by atoms with Gasteiger partial charge < -0.3 is 0 Å². The lowest BCUT2D eigenvalue weighted by atomic mass is 9.81. The van der Waals surface area contributed by atoms with Crippen LogP contribution in [0.15, 0.2) is 33.2 Å². The smallest absolute Gasteiger partial charge is 0.0294 e. The van der Waals surface area contributed by atoms with E-state index in [2.05, 4.69) is 62.1 Å². The van der Waals surface area contributed by atoms with Crippen LogP contribution in [-0.4, -0.2) is 30.3 Å². The van der Waals surface area contributed by atoms with E-state index in [9.17, 15) is 0 Å². The molecule has 0 N–H and O–H groups in total. The monoisotopic (exact) mass is 1820 g/mol. The molecule has 2 rings (SSSR count). The fourth-order valence-electron chi connectivity index (χ4n) is 23.2. The average Bonchev–Trinajstić information content (AvgIpc) is 1.57. The minimum atomic E-state index is -0.156. The Kier molecular flexibility index (Phi) is 98.4. The molecule has 2 heteroatoms. The normalized spacial score (nSPS) is 14.8. The van der Waals surface area contributed by atoms with Crippen molar-refractivity contribution >= 4 is 15.8 Å². The summed E-state index contributed by atoms with van der Waals surface area (Å²) in [5, 5.41) is 1.90. The van der Waals surface area contributed by atoms with E-state index in [-0.39, 0.29) is 15.8 Å². The molecular formula is C126H246P2. The first-order valence-corrected chi connectivity index (χ1v) is 65.6. The van der Waals surface area contributed by atoms with E-state index < -0.39 is 0 Å². The number of allylic oxidation sites excluding steroid dienone is 6. The summed E-state index contributed by atoms with van der Waals surface area (Å²) in [4.78, 5) is 0. The second-order valence-corrected chi connectivity index (χ2v) is 49.6. The van der Waals surface area contributed by atoms with Crippen LogP contribution < -0.4 is 0 Å². The predicted octanol–water partition coefficient (Wildman–Crippen LogP) is 48.3. The van der Waals surface area contributed by atoms with Gasteiger partial charge in [-0.3, -0.25) is 0 Å². The van der Waals surface area contributed by atoms with Gasteiger partial charge in [-0.15, -0.1) is 7.92 Å². The maximum atomic E-state index is 2.74. The highest BCUT2D eigenvalue weighted by atomic mass is 31.1. The van der Waals surface area contributed by atoms with Gasteiger partial charge in [0.05, 0.1) is 0 Å². The Hall–Kier alpha value is 0.0800. The first-order chi connectivity index (χ1) is 63.3. The minimum Gasteiger partial charge on any atom is -0.103 e. The Morgan fingerprint density at radius 1 is 0.188 bits per heavy atom. The van der Waals surface area contributed by atoms with Gasteiger partial charge in [0.25, 0.3) is 0 Å². The zero-order valence-electron chi connectivity index (χ0n) is 91.0. The van der Waals surface area contributed by atoms with Crippen LogP contribution in [0.3, 0.4) is 0 Å². The van der Waals surface area contributed by atoms with Crippen molar-refractivity contribution in [2.24, 2.45) is 5.92 Å². The molecule has 0 saturated carbocycles. The van der Waals surface area contributed by atoms with Crippen molar-refractivity contribution in [3.05, 3.63) is 33.2 Å². The standard InChI is InChI=1S/C126H246P2/c1-10-14-18-22-26-30-34-38-42-46-50-54-57-60-63-66-69-72-76-80-84-88-92-96-100-104-108-112-116-128(117-113-109-105-101-97-93-89-85-81-77-73-70-67-64-61-58-55-51-47-43-39-35-31-27-23-19-15-11-2)123(115-111-107-103-99-95-91-87-83-79-75-71-68-65-62-59-56-52-48-44-40-36-32-28-24-20-16-12-3)122(125-121(8)127(9)126-120(7)118(5)119(6)124(125)126)114-110-106-102-98-94-90-86-82-78-74-53-49-45-41-37-33-29-25-21-17-13-4/h122-123,126H,10-117H2,1-9H3. The molecule has 0 radical (unpaired) electrons. The number of fused-ring (bicyclic) bond motifs is 1. The van der Waals surface area contributed by atoms with Crippen molar-refractivity contribution in [2.75, 3.05) is 19.0 Å². The van der Waals surface area contributed by atoms with Crippen LogP contribution >= 0.6 is 15.8 Å². The number of hydrogen-bond acceptors (Lipinski definition) is 0. The lowest BCUT2D eigenvalue weighted by Gasteiger charge is -2.37. The summed E-state index contributed by atoms with van der Waals surface area (Å²) in [6, 6.07) is 0. The average molecular weight is 1820 g/mol. The molecule has 2 aliphatic rings. The molecule has 0 aromatic heterocycles. The second kappa shape index (κ2) is 101. The number of hydrogen-bond donors (Lipinski definition) is 0. The molecule has 4 atom stereocenters. The Bertz CT molecular complexity index is 2200. The molecule has 128 heavy (non-hydrogen) atoms. The van der Waals surface area contributed by atoms with Gasteiger partial charge in [-0.25, -0.2) is 0 Å². The summed E-state index contributed by atoms with van der Waals surface area (Å²) >= 11 is 0. The molecule has 0 saturated heterocycles. The molecule has 0 fully saturated rings. The van der Waals surface area contributed by atoms with Gasteiger partial charge in [-0.1, -0.05) is 696 Å². The van der Waals surface area contributed by atoms with E-state index in [0.717, 1.165) is 17.2 Å². The highest BCUT2D eigenvalue weighted by molar-refractivity contribution is 7.63. The van der Waals surface area contributed by atoms with Crippen LogP contribution in [0.25, 0.3) is 0 Å². The Morgan fingerprint density at radius 2 is 0.336 bits per heavy atom. The van der Waals surface area contributed by atoms with Gasteiger partial charge >= 0.3 is 0 Å². The predicted molar refractivity (Wildman–Crippen MR) is 596 cm³/mol. The highest BCUT2D eigenvalue weighted by Crippen LogP contribution is 2.67. The van der Waals surface area contributed by atoms with Gasteiger partial charge in [-0.05, 0) is 112 Å². The molecule has 0 bridgehead atoms. The highest BCUT2D eigenvalue weighted by Gasteiger charge is 2.45. The molecule has 1 aliphatic carbocycles. The summed E-state index contributed by atoms with van der Waals surface area (Å²) in [7, 11) is -0.185. The summed E-state index contributed by atoms with van der Waals surface area (Å²) in [5.74, 6) is 0.793. The van der Waals surface area contributed by atoms with E-state index in [0.29, 0.717) is 0 Å². The van der Waals surface area contributed by atoms with Crippen LogP contribution in [0.1, 0.15) is 736 Å². The van der Waals surface area contributed by atoms with Gasteiger partial charge in [0.1, 0.15) is 0 Å². The SMILES string of the molecule is CCCCCCCCCCCCCCCCCCCCCCCCCCCCCCP(CCCCCCCCCCCCCCCCCCCCCCCCCCCCCC)C(CCCCCCCCCCCCCCCCCCCCCCCCCCCCC)C(CCCCCCCCCCCCCCCCCCCCCCC)C1=C(C)P(C)C2C(C)=C(C)C(C)=C12. The Labute approximate surface area is 815 Å². The largest absolute Gasteiger partial charge is 0.103 e. The molecule has 0 spiro atoms. The van der Waals surface area contributed by atoms with Gasteiger partial charge in [0, 0.05) is 5.66 Å². The molecule has 0 aromatic rings. The Balaban J connectivity index is 2.05. The van der Waals surface area contributed by atoms with Crippen LogP contribution in [-0.2, 0) is 0 Å². The summed E-state index contributed by atoms with van der Waals surface area (Å²) in [6.45, 7) is 22.5. The lowest BCUT2D eigenvalue weighted by Crippen LogP contribution is -2.25. The maximum absolute atomic E-state index is 2.74. The van der Waals surface area contributed by atoms with Gasteiger partial charge in [0.15, 0.2) is 0 Å². The minimum absolute atomic E-state index is 0.0284. The van der Waals surface area contributed by atoms with Crippen molar-refractivity contribution in [1.29, 1.82) is 0 Å². The molecule has 1 heterocycles. The molecule has 4 unspecified atom stereocenters. The van der Waals surface area contributed by atoms with E-state index in [4.69, 9.17) is 0 Å². The fraction of sp³-hybridized carbons (Fsp3) is 0.952. The van der Waals surface area contributed by atoms with Crippen molar-refractivity contribution in [3.63, 3.8) is 0 Å². The van der Waals surface area contributed by atoms with Gasteiger partial charge in [-0.2, -0.15) is 0 Å². The zero-order chi connectivity index (χ0) is 91.7. The summed E-state index contributed by atoms with van der Waals surface area (Å²) in [5.41, 5.74) is 10.7. The maximum Gasteiger partial charge on any atom is 0.0294 e. The van der Waals surface area contributed by atoms with Crippen molar-refractivity contribution < 1.29 is 0 Å². The third-order valence-electron chi connectivity index (χ3n) is 32.5. The molecule has 0 nitrogen and oxygen atoms in total. The van der Waals surface area contributed by atoms with Crippen LogP contribution in [0.2, 0.25) is 0 Å². The summed E-state index contributed by atoms with van der Waals surface area (Å²) in [6.07, 6.45) is 160. The molecule has 0 aromatic carbocycles. The van der Waals surface area contributed by atoms with Crippen molar-refractivity contribution in [1.82, 2.24) is 0 Å². The number of rotatable bonds is 111. The van der Waals surface area contributed by atoms with Gasteiger partial charge in [0.2, 0.25) is 0 Å². The summed E-state index contributed by atoms with van der Waals surface area (Å²) < 4.78 is 0. The molecule has 0 amide bonds. The van der Waals surface area contributed by atoms with Crippen LogP contribution in [0, 0.1) is 5.92 Å². The quantitative estimate of drug-likeness (QED) is 0.0421. The molecule has 1 aliphatic heterocycles. The molecular weight excluding hydrogens is 1580 g/mol. The Morgan fingerprint density at radius 3 is 0.508 bits per heavy atom. The van der Waals surface area contributed by atoms with E-state index in [1.165, 1.54) is 681 Å².